The van der Waals surface area contributed by atoms with Crippen LogP contribution in [0.25, 0.3) is 10.8 Å². The number of fused-ring (bicyclic) bond motifs is 1. The average Bonchev–Trinajstić information content (AvgIpc) is 2.42. The Morgan fingerprint density at radius 2 is 1.95 bits per heavy atom. The summed E-state index contributed by atoms with van der Waals surface area (Å²) in [5.74, 6) is 0. The topological polar surface area (TPSA) is 48.0 Å². The van der Waals surface area contributed by atoms with Gasteiger partial charge in [0.05, 0.1) is 6.54 Å². The standard InChI is InChI=1S/C16H13BrN2O/c17-13-4-5-15-12(9-13)6-7-19(16(15)20)10-11-2-1-3-14(18)8-11/h1-9H,10,18H2. The fourth-order valence-electron chi connectivity index (χ4n) is 2.27. The summed E-state index contributed by atoms with van der Waals surface area (Å²) in [5, 5.41) is 1.66. The second kappa shape index (κ2) is 5.13. The van der Waals surface area contributed by atoms with E-state index in [2.05, 4.69) is 15.9 Å². The van der Waals surface area contributed by atoms with E-state index in [0.717, 1.165) is 20.8 Å². The van der Waals surface area contributed by atoms with Crippen LogP contribution in [-0.2, 0) is 6.54 Å². The highest BCUT2D eigenvalue weighted by atomic mass is 79.9. The van der Waals surface area contributed by atoms with E-state index in [0.29, 0.717) is 12.2 Å². The molecule has 0 fully saturated rings. The fourth-order valence-corrected chi connectivity index (χ4v) is 2.65. The third-order valence-corrected chi connectivity index (χ3v) is 3.74. The highest BCUT2D eigenvalue weighted by Crippen LogP contribution is 2.17. The van der Waals surface area contributed by atoms with E-state index in [1.807, 2.05) is 54.7 Å². The number of halogens is 1. The van der Waals surface area contributed by atoms with E-state index in [1.165, 1.54) is 0 Å². The van der Waals surface area contributed by atoms with Gasteiger partial charge in [0.1, 0.15) is 0 Å². The van der Waals surface area contributed by atoms with Crippen LogP contribution < -0.4 is 11.3 Å². The van der Waals surface area contributed by atoms with E-state index in [-0.39, 0.29) is 5.56 Å². The molecule has 3 nitrogen and oxygen atoms in total. The monoisotopic (exact) mass is 328 g/mol. The molecule has 0 bridgehead atoms. The lowest BCUT2D eigenvalue weighted by atomic mass is 10.1. The predicted molar refractivity (Wildman–Crippen MR) is 85.9 cm³/mol. The maximum absolute atomic E-state index is 12.4. The van der Waals surface area contributed by atoms with Gasteiger partial charge in [-0.25, -0.2) is 0 Å². The molecule has 0 atom stereocenters. The lowest BCUT2D eigenvalue weighted by Gasteiger charge is -2.08. The molecule has 3 aromatic rings. The van der Waals surface area contributed by atoms with Gasteiger partial charge in [0.2, 0.25) is 0 Å². The second-order valence-electron chi connectivity index (χ2n) is 4.73. The lowest BCUT2D eigenvalue weighted by molar-refractivity contribution is 0.768. The molecule has 0 spiro atoms. The number of benzene rings is 2. The summed E-state index contributed by atoms with van der Waals surface area (Å²) in [4.78, 5) is 12.4. The molecule has 2 N–H and O–H groups in total. The van der Waals surface area contributed by atoms with Gasteiger partial charge in [-0.2, -0.15) is 0 Å². The molecular weight excluding hydrogens is 316 g/mol. The van der Waals surface area contributed by atoms with Gasteiger partial charge in [-0.1, -0.05) is 28.1 Å². The Balaban J connectivity index is 2.07. The van der Waals surface area contributed by atoms with E-state index < -0.39 is 0 Å². The first-order valence-electron chi connectivity index (χ1n) is 6.26. The van der Waals surface area contributed by atoms with E-state index in [4.69, 9.17) is 5.73 Å². The summed E-state index contributed by atoms with van der Waals surface area (Å²) in [6.07, 6.45) is 1.82. The molecule has 4 heteroatoms. The van der Waals surface area contributed by atoms with E-state index in [1.54, 1.807) is 4.57 Å². The zero-order valence-corrected chi connectivity index (χ0v) is 12.3. The Morgan fingerprint density at radius 3 is 2.75 bits per heavy atom. The predicted octanol–water partition coefficient (Wildman–Crippen LogP) is 3.39. The minimum absolute atomic E-state index is 0.0115. The van der Waals surface area contributed by atoms with Gasteiger partial charge in [0.15, 0.2) is 0 Å². The van der Waals surface area contributed by atoms with E-state index in [9.17, 15) is 4.79 Å². The van der Waals surface area contributed by atoms with Crippen LogP contribution in [-0.4, -0.2) is 4.57 Å². The first-order valence-corrected chi connectivity index (χ1v) is 7.06. The molecule has 0 aliphatic heterocycles. The number of hydrogen-bond donors (Lipinski definition) is 1. The van der Waals surface area contributed by atoms with Crippen LogP contribution in [0.15, 0.2) is 64.0 Å². The number of nitrogens with zero attached hydrogens (tertiary/aromatic N) is 1. The third-order valence-electron chi connectivity index (χ3n) is 3.24. The van der Waals surface area contributed by atoms with E-state index >= 15 is 0 Å². The van der Waals surface area contributed by atoms with Crippen molar-refractivity contribution in [3.05, 3.63) is 75.1 Å². The fraction of sp³-hybridized carbons (Fsp3) is 0.0625. The molecule has 0 unspecified atom stereocenters. The molecule has 0 saturated carbocycles. The molecule has 1 heterocycles. The summed E-state index contributed by atoms with van der Waals surface area (Å²) in [5.41, 5.74) is 7.50. The van der Waals surface area contributed by atoms with Crippen LogP contribution in [0.4, 0.5) is 5.69 Å². The molecular formula is C16H13BrN2O. The maximum atomic E-state index is 12.4. The molecule has 3 rings (SSSR count). The number of rotatable bonds is 2. The zero-order valence-electron chi connectivity index (χ0n) is 10.7. The van der Waals surface area contributed by atoms with Gasteiger partial charge in [-0.3, -0.25) is 4.79 Å². The van der Waals surface area contributed by atoms with Crippen LogP contribution in [0.3, 0.4) is 0 Å². The Hall–Kier alpha value is -2.07. The normalized spacial score (nSPS) is 10.8. The summed E-state index contributed by atoms with van der Waals surface area (Å²) in [6, 6.07) is 15.2. The number of hydrogen-bond acceptors (Lipinski definition) is 2. The smallest absolute Gasteiger partial charge is 0.258 e. The van der Waals surface area contributed by atoms with Crippen molar-refractivity contribution in [1.29, 1.82) is 0 Å². The summed E-state index contributed by atoms with van der Waals surface area (Å²) in [7, 11) is 0. The quantitative estimate of drug-likeness (QED) is 0.733. The maximum Gasteiger partial charge on any atom is 0.258 e. The second-order valence-corrected chi connectivity index (χ2v) is 5.64. The molecule has 20 heavy (non-hydrogen) atoms. The van der Waals surface area contributed by atoms with Gasteiger partial charge < -0.3 is 10.3 Å². The molecule has 1 aromatic heterocycles. The summed E-state index contributed by atoms with van der Waals surface area (Å²) in [6.45, 7) is 0.524. The van der Waals surface area contributed by atoms with Crippen LogP contribution in [0, 0.1) is 0 Å². The van der Waals surface area contributed by atoms with Gasteiger partial charge in [0.25, 0.3) is 5.56 Å². The van der Waals surface area contributed by atoms with Crippen molar-refractivity contribution in [2.45, 2.75) is 6.54 Å². The molecule has 0 saturated heterocycles. The van der Waals surface area contributed by atoms with Gasteiger partial charge in [0, 0.05) is 21.7 Å². The number of pyridine rings is 1. The largest absolute Gasteiger partial charge is 0.399 e. The van der Waals surface area contributed by atoms with Crippen molar-refractivity contribution in [1.82, 2.24) is 4.57 Å². The van der Waals surface area contributed by atoms with Gasteiger partial charge in [-0.05, 0) is 47.3 Å². The highest BCUT2D eigenvalue weighted by Gasteiger charge is 2.04. The molecule has 100 valence electrons. The molecule has 0 aliphatic carbocycles. The highest BCUT2D eigenvalue weighted by molar-refractivity contribution is 9.10. The van der Waals surface area contributed by atoms with Gasteiger partial charge in [-0.15, -0.1) is 0 Å². The molecule has 0 radical (unpaired) electrons. The summed E-state index contributed by atoms with van der Waals surface area (Å²) >= 11 is 3.41. The Bertz CT molecular complexity index is 839. The zero-order chi connectivity index (χ0) is 14.1. The van der Waals surface area contributed by atoms with Crippen LogP contribution in [0.5, 0.6) is 0 Å². The number of anilines is 1. The van der Waals surface area contributed by atoms with Crippen molar-refractivity contribution < 1.29 is 0 Å². The lowest BCUT2D eigenvalue weighted by Crippen LogP contribution is -2.20. The summed E-state index contributed by atoms with van der Waals surface area (Å²) < 4.78 is 2.67. The molecule has 0 aliphatic rings. The van der Waals surface area contributed by atoms with Crippen LogP contribution in [0.1, 0.15) is 5.56 Å². The minimum Gasteiger partial charge on any atom is -0.399 e. The number of nitrogen functional groups attached to an aromatic ring is 1. The van der Waals surface area contributed by atoms with Crippen molar-refractivity contribution in [2.75, 3.05) is 5.73 Å². The minimum atomic E-state index is 0.0115. The van der Waals surface area contributed by atoms with Crippen molar-refractivity contribution >= 4 is 32.4 Å². The first kappa shape index (κ1) is 12.9. The Kier molecular flexibility index (Phi) is 3.32. The molecule has 2 aromatic carbocycles. The van der Waals surface area contributed by atoms with Crippen LogP contribution >= 0.6 is 15.9 Å². The van der Waals surface area contributed by atoms with Crippen molar-refractivity contribution in [3.63, 3.8) is 0 Å². The number of aromatic nitrogens is 1. The van der Waals surface area contributed by atoms with Crippen LogP contribution in [0.2, 0.25) is 0 Å². The Labute approximate surface area is 124 Å². The Morgan fingerprint density at radius 1 is 1.10 bits per heavy atom. The first-order chi connectivity index (χ1) is 9.63. The van der Waals surface area contributed by atoms with Crippen molar-refractivity contribution in [2.24, 2.45) is 0 Å². The SMILES string of the molecule is Nc1cccc(Cn2ccc3cc(Br)ccc3c2=O)c1. The average molecular weight is 329 g/mol. The van der Waals surface area contributed by atoms with Crippen molar-refractivity contribution in [3.8, 4) is 0 Å². The third kappa shape index (κ3) is 2.47. The number of nitrogens with two attached hydrogens (primary N) is 1. The molecule has 0 amide bonds. The van der Waals surface area contributed by atoms with Gasteiger partial charge >= 0.3 is 0 Å².